The van der Waals surface area contributed by atoms with Gasteiger partial charge >= 0.3 is 5.97 Å². The number of carbonyl (C=O) groups is 1. The first kappa shape index (κ1) is 15.5. The van der Waals surface area contributed by atoms with E-state index in [1.807, 2.05) is 0 Å². The van der Waals surface area contributed by atoms with Gasteiger partial charge in [0.25, 0.3) is 0 Å². The molecule has 0 aromatic rings. The molecule has 1 saturated carbocycles. The average molecular weight is 255 g/mol. The van der Waals surface area contributed by atoms with Gasteiger partial charge in [-0.1, -0.05) is 27.2 Å². The first-order valence-corrected chi connectivity index (χ1v) is 7.40. The second kappa shape index (κ2) is 7.13. The van der Waals surface area contributed by atoms with Gasteiger partial charge in [0.05, 0.1) is 6.42 Å². The largest absolute Gasteiger partial charge is 0.481 e. The van der Waals surface area contributed by atoms with Crippen molar-refractivity contribution in [2.45, 2.75) is 59.3 Å². The molecule has 1 fully saturated rings. The first-order chi connectivity index (χ1) is 8.47. The summed E-state index contributed by atoms with van der Waals surface area (Å²) in [5.41, 5.74) is -0.0172. The quantitative estimate of drug-likeness (QED) is 0.686. The molecule has 0 heterocycles. The van der Waals surface area contributed by atoms with Crippen molar-refractivity contribution in [3.05, 3.63) is 0 Å². The summed E-state index contributed by atoms with van der Waals surface area (Å²) >= 11 is 0. The molecule has 0 aromatic heterocycles. The molecule has 1 aliphatic carbocycles. The van der Waals surface area contributed by atoms with Crippen LogP contribution in [0.3, 0.4) is 0 Å². The number of aliphatic carboxylic acids is 1. The zero-order valence-corrected chi connectivity index (χ0v) is 12.2. The van der Waals surface area contributed by atoms with Crippen molar-refractivity contribution >= 4 is 5.97 Å². The predicted molar refractivity (Wildman–Crippen MR) is 74.6 cm³/mol. The Bertz CT molecular complexity index is 255. The van der Waals surface area contributed by atoms with Gasteiger partial charge in [0.1, 0.15) is 0 Å². The lowest BCUT2D eigenvalue weighted by Crippen LogP contribution is -2.42. The molecule has 1 rings (SSSR count). The molecule has 1 aliphatic rings. The van der Waals surface area contributed by atoms with Gasteiger partial charge in [-0.05, 0) is 49.5 Å². The summed E-state index contributed by atoms with van der Waals surface area (Å²) in [7, 11) is 0. The maximum atomic E-state index is 11.1. The third-order valence-corrected chi connectivity index (χ3v) is 4.10. The van der Waals surface area contributed by atoms with Crippen LogP contribution in [-0.2, 0) is 4.79 Å². The van der Waals surface area contributed by atoms with Crippen molar-refractivity contribution in [1.29, 1.82) is 0 Å². The highest BCUT2D eigenvalue weighted by Gasteiger charge is 2.39. The maximum absolute atomic E-state index is 11.1. The van der Waals surface area contributed by atoms with Crippen molar-refractivity contribution in [3.8, 4) is 0 Å². The normalized spacial score (nSPS) is 32.4. The van der Waals surface area contributed by atoms with E-state index in [0.29, 0.717) is 18.3 Å². The van der Waals surface area contributed by atoms with Crippen molar-refractivity contribution < 1.29 is 9.90 Å². The van der Waals surface area contributed by atoms with Gasteiger partial charge < -0.3 is 10.4 Å². The predicted octanol–water partition coefficient (Wildman–Crippen LogP) is 3.29. The fourth-order valence-electron chi connectivity index (χ4n) is 3.74. The molecule has 2 N–H and O–H groups in total. The van der Waals surface area contributed by atoms with Gasteiger partial charge in [-0.3, -0.25) is 4.79 Å². The maximum Gasteiger partial charge on any atom is 0.303 e. The first-order valence-electron chi connectivity index (χ1n) is 7.40. The third-order valence-electron chi connectivity index (χ3n) is 4.10. The highest BCUT2D eigenvalue weighted by atomic mass is 16.4. The lowest BCUT2D eigenvalue weighted by atomic mass is 9.64. The number of carboxylic acids is 1. The lowest BCUT2D eigenvalue weighted by Gasteiger charge is -2.42. The molecule has 3 heteroatoms. The Hall–Kier alpha value is -0.570. The van der Waals surface area contributed by atoms with Crippen LogP contribution >= 0.6 is 0 Å². The van der Waals surface area contributed by atoms with Gasteiger partial charge in [0.15, 0.2) is 0 Å². The summed E-state index contributed by atoms with van der Waals surface area (Å²) in [6, 6.07) is 0. The molecule has 0 aliphatic heterocycles. The van der Waals surface area contributed by atoms with E-state index in [9.17, 15) is 9.90 Å². The second-order valence-electron chi connectivity index (χ2n) is 6.46. The highest BCUT2D eigenvalue weighted by Crippen LogP contribution is 2.44. The Kier molecular flexibility index (Phi) is 6.13. The molecular formula is C15H29NO2. The van der Waals surface area contributed by atoms with Gasteiger partial charge in [-0.2, -0.15) is 0 Å². The van der Waals surface area contributed by atoms with E-state index in [1.54, 1.807) is 0 Å². The molecular weight excluding hydrogens is 226 g/mol. The number of rotatable bonds is 7. The molecule has 0 radical (unpaired) electrons. The van der Waals surface area contributed by atoms with Crippen LogP contribution in [0.15, 0.2) is 0 Å². The van der Waals surface area contributed by atoms with Gasteiger partial charge in [-0.15, -0.1) is 0 Å². The molecule has 3 atom stereocenters. The van der Waals surface area contributed by atoms with Crippen LogP contribution in [0.2, 0.25) is 0 Å². The van der Waals surface area contributed by atoms with Crippen LogP contribution in [0.25, 0.3) is 0 Å². The Morgan fingerprint density at radius 1 is 1.33 bits per heavy atom. The van der Waals surface area contributed by atoms with Crippen molar-refractivity contribution in [1.82, 2.24) is 5.32 Å². The number of hydrogen-bond donors (Lipinski definition) is 2. The van der Waals surface area contributed by atoms with Crippen LogP contribution in [0.5, 0.6) is 0 Å². The van der Waals surface area contributed by atoms with E-state index in [0.717, 1.165) is 25.9 Å². The van der Waals surface area contributed by atoms with Crippen molar-refractivity contribution in [2.24, 2.45) is 17.3 Å². The van der Waals surface area contributed by atoms with E-state index < -0.39 is 5.97 Å². The molecule has 0 aromatic carbocycles. The molecule has 18 heavy (non-hydrogen) atoms. The third kappa shape index (κ3) is 4.97. The molecule has 0 amide bonds. The van der Waals surface area contributed by atoms with E-state index >= 15 is 0 Å². The number of unbranched alkanes of at least 4 members (excludes halogenated alkanes) is 1. The summed E-state index contributed by atoms with van der Waals surface area (Å²) in [4.78, 5) is 11.1. The summed E-state index contributed by atoms with van der Waals surface area (Å²) < 4.78 is 0. The highest BCUT2D eigenvalue weighted by molar-refractivity contribution is 5.67. The fourth-order valence-corrected chi connectivity index (χ4v) is 3.74. The van der Waals surface area contributed by atoms with E-state index in [1.165, 1.54) is 19.3 Å². The average Bonchev–Trinajstić information content (AvgIpc) is 2.21. The minimum atomic E-state index is -0.645. The van der Waals surface area contributed by atoms with E-state index in [4.69, 9.17) is 0 Å². The number of nitrogens with one attached hydrogen (secondary N) is 1. The zero-order valence-electron chi connectivity index (χ0n) is 12.2. The summed E-state index contributed by atoms with van der Waals surface area (Å²) in [6.45, 7) is 8.59. The molecule has 0 bridgehead atoms. The van der Waals surface area contributed by atoms with Crippen LogP contribution < -0.4 is 5.32 Å². The second-order valence-corrected chi connectivity index (χ2v) is 6.46. The zero-order chi connectivity index (χ0) is 13.6. The van der Waals surface area contributed by atoms with Gasteiger partial charge in [0, 0.05) is 6.54 Å². The summed E-state index contributed by atoms with van der Waals surface area (Å²) in [5.74, 6) is 0.663. The van der Waals surface area contributed by atoms with E-state index in [-0.39, 0.29) is 5.41 Å². The SMILES string of the molecule is CCCCNCC1(CC(=O)O)C[C@H](C)C[C@H](C)C1. The molecule has 0 spiro atoms. The number of hydrogen-bond acceptors (Lipinski definition) is 2. The smallest absolute Gasteiger partial charge is 0.303 e. The Morgan fingerprint density at radius 2 is 1.94 bits per heavy atom. The molecule has 0 saturated heterocycles. The van der Waals surface area contributed by atoms with Crippen molar-refractivity contribution in [2.75, 3.05) is 13.1 Å². The monoisotopic (exact) mass is 255 g/mol. The minimum Gasteiger partial charge on any atom is -0.481 e. The summed E-state index contributed by atoms with van der Waals surface area (Å²) in [5, 5.41) is 12.7. The van der Waals surface area contributed by atoms with Crippen LogP contribution in [0, 0.1) is 17.3 Å². The van der Waals surface area contributed by atoms with Crippen LogP contribution in [0.4, 0.5) is 0 Å². The van der Waals surface area contributed by atoms with Crippen LogP contribution in [-0.4, -0.2) is 24.2 Å². The van der Waals surface area contributed by atoms with E-state index in [2.05, 4.69) is 26.1 Å². The lowest BCUT2D eigenvalue weighted by molar-refractivity contribution is -0.140. The summed E-state index contributed by atoms with van der Waals surface area (Å²) in [6.07, 6.45) is 6.04. The van der Waals surface area contributed by atoms with Crippen molar-refractivity contribution in [3.63, 3.8) is 0 Å². The Labute approximate surface area is 111 Å². The molecule has 1 unspecified atom stereocenters. The standard InChI is InChI=1S/C15H29NO2/c1-4-5-6-16-11-15(10-14(17)18)8-12(2)7-13(3)9-15/h12-13,16H,4-11H2,1-3H3,(H,17,18)/t12-,13+,15?. The Morgan fingerprint density at radius 3 is 2.44 bits per heavy atom. The Balaban J connectivity index is 2.59. The van der Waals surface area contributed by atoms with Gasteiger partial charge in [0.2, 0.25) is 0 Å². The molecule has 3 nitrogen and oxygen atoms in total. The van der Waals surface area contributed by atoms with Gasteiger partial charge in [-0.25, -0.2) is 0 Å². The minimum absolute atomic E-state index is 0.0172. The van der Waals surface area contributed by atoms with Crippen LogP contribution in [0.1, 0.15) is 59.3 Å². The fraction of sp³-hybridized carbons (Fsp3) is 0.933. The topological polar surface area (TPSA) is 49.3 Å². The number of carboxylic acid groups (broad SMARTS) is 1. The molecule has 106 valence electrons.